The Balaban J connectivity index is 3.77. The van der Waals surface area contributed by atoms with Gasteiger partial charge < -0.3 is 9.90 Å². The zero-order valence-corrected chi connectivity index (χ0v) is 5.58. The second-order valence-electron chi connectivity index (χ2n) is 1.92. The molecule has 0 aromatic heterocycles. The lowest BCUT2D eigenvalue weighted by Crippen LogP contribution is -2.17. The maximum absolute atomic E-state index is 10.1. The van der Waals surface area contributed by atoms with E-state index in [9.17, 15) is 4.79 Å². The van der Waals surface area contributed by atoms with Crippen LogP contribution in [0.15, 0.2) is 12.7 Å². The van der Waals surface area contributed by atoms with E-state index < -0.39 is 12.0 Å². The molecule has 0 bridgehead atoms. The third-order valence-electron chi connectivity index (χ3n) is 1.29. The summed E-state index contributed by atoms with van der Waals surface area (Å²) in [4.78, 5) is 10.1. The summed E-state index contributed by atoms with van der Waals surface area (Å²) >= 11 is 0. The van der Waals surface area contributed by atoms with E-state index in [4.69, 9.17) is 5.11 Å². The van der Waals surface area contributed by atoms with Gasteiger partial charge in [-0.25, -0.2) is 0 Å². The van der Waals surface area contributed by atoms with Crippen LogP contribution >= 0.6 is 0 Å². The van der Waals surface area contributed by atoms with Gasteiger partial charge >= 0.3 is 0 Å². The van der Waals surface area contributed by atoms with Gasteiger partial charge in [0.25, 0.3) is 0 Å². The van der Waals surface area contributed by atoms with Gasteiger partial charge in [0.2, 0.25) is 0 Å². The van der Waals surface area contributed by atoms with Gasteiger partial charge in [0.1, 0.15) is 6.29 Å². The maximum atomic E-state index is 10.1. The zero-order chi connectivity index (χ0) is 7.28. The predicted molar refractivity (Wildman–Crippen MR) is 36.0 cm³/mol. The Labute approximate surface area is 55.2 Å². The molecule has 0 aliphatic carbocycles. The summed E-state index contributed by atoms with van der Waals surface area (Å²) < 4.78 is 0. The lowest BCUT2D eigenvalue weighted by atomic mass is 10.0. The molecule has 0 saturated heterocycles. The highest BCUT2D eigenvalue weighted by atomic mass is 16.3. The first-order valence-electron chi connectivity index (χ1n) is 3.02. The number of carbonyl (C=O) groups is 1. The maximum Gasteiger partial charge on any atom is 0.129 e. The molecule has 1 N–H and O–H groups in total. The smallest absolute Gasteiger partial charge is 0.129 e. The monoisotopic (exact) mass is 128 g/mol. The molecule has 0 fully saturated rings. The molecule has 2 heteroatoms. The average molecular weight is 128 g/mol. The molecule has 0 aromatic carbocycles. The van der Waals surface area contributed by atoms with Crippen LogP contribution in [-0.4, -0.2) is 17.5 Å². The van der Waals surface area contributed by atoms with E-state index in [2.05, 4.69) is 6.58 Å². The van der Waals surface area contributed by atoms with Crippen molar-refractivity contribution < 1.29 is 9.90 Å². The van der Waals surface area contributed by atoms with Gasteiger partial charge in [0, 0.05) is 0 Å². The summed E-state index contributed by atoms with van der Waals surface area (Å²) in [5.74, 6) is -0.394. The third kappa shape index (κ3) is 2.42. The first kappa shape index (κ1) is 8.37. The van der Waals surface area contributed by atoms with Gasteiger partial charge in [0.05, 0.1) is 12.0 Å². The topological polar surface area (TPSA) is 37.3 Å². The molecule has 0 rings (SSSR count). The number of rotatable bonds is 4. The summed E-state index contributed by atoms with van der Waals surface area (Å²) in [7, 11) is 0. The van der Waals surface area contributed by atoms with Crippen molar-refractivity contribution in [2.75, 3.05) is 0 Å². The highest BCUT2D eigenvalue weighted by Gasteiger charge is 2.11. The van der Waals surface area contributed by atoms with Crippen LogP contribution in [0.25, 0.3) is 0 Å². The van der Waals surface area contributed by atoms with Crippen molar-refractivity contribution in [3.05, 3.63) is 12.7 Å². The van der Waals surface area contributed by atoms with Crippen LogP contribution in [0.4, 0.5) is 0 Å². The molecule has 0 aliphatic rings. The molecule has 2 unspecified atom stereocenters. The van der Waals surface area contributed by atoms with Gasteiger partial charge in [-0.15, -0.1) is 6.58 Å². The summed E-state index contributed by atoms with van der Waals surface area (Å²) in [6.45, 7) is 5.23. The molecule has 0 spiro atoms. The minimum absolute atomic E-state index is 0.394. The number of aldehydes is 1. The van der Waals surface area contributed by atoms with Crippen molar-refractivity contribution in [1.82, 2.24) is 0 Å². The number of hydrogen-bond donors (Lipinski definition) is 1. The number of aliphatic hydroxyl groups excluding tert-OH is 1. The van der Waals surface area contributed by atoms with Crippen LogP contribution in [0.5, 0.6) is 0 Å². The van der Waals surface area contributed by atoms with E-state index in [1.54, 1.807) is 0 Å². The van der Waals surface area contributed by atoms with Gasteiger partial charge in [0.15, 0.2) is 0 Å². The van der Waals surface area contributed by atoms with Gasteiger partial charge in [-0.1, -0.05) is 13.0 Å². The Morgan fingerprint density at radius 2 is 2.33 bits per heavy atom. The Morgan fingerprint density at radius 3 is 2.44 bits per heavy atom. The van der Waals surface area contributed by atoms with Crippen LogP contribution in [0.3, 0.4) is 0 Å². The van der Waals surface area contributed by atoms with E-state index in [1.807, 2.05) is 6.92 Å². The molecule has 0 amide bonds. The summed E-state index contributed by atoms with van der Waals surface area (Å²) in [6, 6.07) is 0. The van der Waals surface area contributed by atoms with E-state index in [0.29, 0.717) is 12.7 Å². The van der Waals surface area contributed by atoms with Crippen LogP contribution in [0.2, 0.25) is 0 Å². The molecule has 0 aliphatic heterocycles. The lowest BCUT2D eigenvalue weighted by molar-refractivity contribution is -0.112. The van der Waals surface area contributed by atoms with E-state index in [0.717, 1.165) is 0 Å². The van der Waals surface area contributed by atoms with Crippen LogP contribution in [0, 0.1) is 5.92 Å². The van der Waals surface area contributed by atoms with E-state index in [1.165, 1.54) is 6.08 Å². The molecular formula is C7H12O2. The highest BCUT2D eigenvalue weighted by Crippen LogP contribution is 2.04. The molecule has 52 valence electrons. The van der Waals surface area contributed by atoms with Crippen LogP contribution < -0.4 is 0 Å². The molecule has 0 radical (unpaired) electrons. The number of aliphatic hydroxyl groups is 1. The highest BCUT2D eigenvalue weighted by molar-refractivity contribution is 5.57. The molecule has 2 atom stereocenters. The largest absolute Gasteiger partial charge is 0.392 e. The van der Waals surface area contributed by atoms with E-state index in [-0.39, 0.29) is 0 Å². The second-order valence-corrected chi connectivity index (χ2v) is 1.92. The minimum atomic E-state index is -0.556. The van der Waals surface area contributed by atoms with Crippen molar-refractivity contribution in [3.8, 4) is 0 Å². The van der Waals surface area contributed by atoms with Crippen molar-refractivity contribution in [2.24, 2.45) is 5.92 Å². The third-order valence-corrected chi connectivity index (χ3v) is 1.29. The van der Waals surface area contributed by atoms with Crippen LogP contribution in [0.1, 0.15) is 13.3 Å². The first-order valence-corrected chi connectivity index (χ1v) is 3.02. The van der Waals surface area contributed by atoms with Crippen LogP contribution in [-0.2, 0) is 4.79 Å². The van der Waals surface area contributed by atoms with Gasteiger partial charge in [-0.2, -0.15) is 0 Å². The number of hydrogen-bond acceptors (Lipinski definition) is 2. The molecular weight excluding hydrogens is 116 g/mol. The average Bonchev–Trinajstić information content (AvgIpc) is 1.90. The quantitative estimate of drug-likeness (QED) is 0.448. The molecule has 9 heavy (non-hydrogen) atoms. The Kier molecular flexibility index (Phi) is 3.97. The summed E-state index contributed by atoms with van der Waals surface area (Å²) in [6.07, 6.45) is 2.21. The minimum Gasteiger partial charge on any atom is -0.392 e. The second kappa shape index (κ2) is 4.27. The fourth-order valence-corrected chi connectivity index (χ4v) is 0.575. The standard InChI is InChI=1S/C7H12O2/c1-3-6(5-8)7(9)4-2/h3,5-7,9H,1,4H2,2H3. The Hall–Kier alpha value is -0.630. The lowest BCUT2D eigenvalue weighted by Gasteiger charge is -2.09. The molecule has 0 heterocycles. The molecule has 2 nitrogen and oxygen atoms in total. The first-order chi connectivity index (χ1) is 4.26. The Morgan fingerprint density at radius 1 is 1.78 bits per heavy atom. The Bertz CT molecular complexity index is 91.1. The van der Waals surface area contributed by atoms with Crippen molar-refractivity contribution in [2.45, 2.75) is 19.4 Å². The van der Waals surface area contributed by atoms with E-state index >= 15 is 0 Å². The normalized spacial score (nSPS) is 16.2. The van der Waals surface area contributed by atoms with Crippen molar-refractivity contribution in [3.63, 3.8) is 0 Å². The summed E-state index contributed by atoms with van der Waals surface area (Å²) in [5.41, 5.74) is 0. The fraction of sp³-hybridized carbons (Fsp3) is 0.571. The zero-order valence-electron chi connectivity index (χ0n) is 5.58. The predicted octanol–water partition coefficient (Wildman–Crippen LogP) is 0.758. The van der Waals surface area contributed by atoms with Gasteiger partial charge in [-0.05, 0) is 6.42 Å². The molecule has 0 saturated carbocycles. The fourth-order valence-electron chi connectivity index (χ4n) is 0.575. The molecule has 0 aromatic rings. The van der Waals surface area contributed by atoms with Crippen molar-refractivity contribution >= 4 is 6.29 Å². The number of carbonyl (C=O) groups excluding carboxylic acids is 1. The van der Waals surface area contributed by atoms with Crippen molar-refractivity contribution in [1.29, 1.82) is 0 Å². The van der Waals surface area contributed by atoms with Gasteiger partial charge in [-0.3, -0.25) is 0 Å². The SMILES string of the molecule is C=CC(C=O)C(O)CC. The summed E-state index contributed by atoms with van der Waals surface area (Å²) in [5, 5.41) is 9.02.